The van der Waals surface area contributed by atoms with Crippen molar-refractivity contribution < 1.29 is 15.0 Å². The Morgan fingerprint density at radius 1 is 0.596 bits per heavy atom. The molecule has 0 bridgehead atoms. The van der Waals surface area contributed by atoms with Gasteiger partial charge in [-0.3, -0.25) is 4.79 Å². The maximum absolute atomic E-state index is 10.5. The van der Waals surface area contributed by atoms with Crippen LogP contribution in [-0.2, 0) is 30.1 Å². The van der Waals surface area contributed by atoms with Gasteiger partial charge in [0.2, 0.25) is 0 Å². The van der Waals surface area contributed by atoms with Crippen LogP contribution in [0.3, 0.4) is 0 Å². The minimum Gasteiger partial charge on any atom is -0.481 e. The zero-order valence-corrected chi connectivity index (χ0v) is 29.2. The summed E-state index contributed by atoms with van der Waals surface area (Å²) in [6.45, 7) is 0.152. The highest BCUT2D eigenvalue weighted by atomic mass is 35.5. The number of carboxylic acids is 1. The average Bonchev–Trinajstić information content (AvgIpc) is 3.88. The number of aliphatic hydroxyl groups is 1. The molecule has 2 N–H and O–H groups in total. The van der Waals surface area contributed by atoms with Gasteiger partial charge in [-0.1, -0.05) is 72.8 Å². The van der Waals surface area contributed by atoms with Crippen LogP contribution < -0.4 is 0 Å². The number of aliphatic hydroxyl groups excluding tert-OH is 1. The van der Waals surface area contributed by atoms with Crippen molar-refractivity contribution in [1.82, 2.24) is 0 Å². The summed E-state index contributed by atoms with van der Waals surface area (Å²) < 4.78 is 4.99. The van der Waals surface area contributed by atoms with E-state index < -0.39 is 5.97 Å². The highest BCUT2D eigenvalue weighted by molar-refractivity contribution is 7.20. The Balaban J connectivity index is 0.000000123. The average molecular weight is 712 g/mol. The zero-order valence-electron chi connectivity index (χ0n) is 25.1. The second kappa shape index (κ2) is 17.2. The number of carboxylic acid groups (broad SMARTS) is 1. The van der Waals surface area contributed by atoms with Gasteiger partial charge in [0.05, 0.1) is 31.4 Å². The lowest BCUT2D eigenvalue weighted by atomic mass is 10.2. The Bertz CT molecular complexity index is 2050. The third kappa shape index (κ3) is 9.72. The lowest BCUT2D eigenvalue weighted by Gasteiger charge is -1.85. The summed E-state index contributed by atoms with van der Waals surface area (Å²) in [5, 5.41) is 30.8. The molecule has 0 aliphatic heterocycles. The topological polar surface area (TPSA) is 81.3 Å². The summed E-state index contributed by atoms with van der Waals surface area (Å²) >= 11 is 12.4. The summed E-state index contributed by atoms with van der Waals surface area (Å²) in [7, 11) is 0. The molecule has 4 aromatic heterocycles. The molecule has 4 heterocycles. The van der Waals surface area contributed by atoms with E-state index in [9.17, 15) is 4.79 Å². The lowest BCUT2D eigenvalue weighted by molar-refractivity contribution is -0.136. The molecule has 0 atom stereocenters. The molecule has 8 aromatic rings. The number of nitriles is 1. The van der Waals surface area contributed by atoms with Gasteiger partial charge in [0, 0.05) is 38.3 Å². The molecule has 47 heavy (non-hydrogen) atoms. The van der Waals surface area contributed by atoms with E-state index >= 15 is 0 Å². The first kappa shape index (κ1) is 34.3. The van der Waals surface area contributed by atoms with E-state index in [0.717, 1.165) is 24.7 Å². The SMILES string of the molecule is ClCc1cc2ccccc2s1.N#CCc1cc2ccccc2s1.O=C(O)Cc1cc2ccccc2s1.OCc1cc2ccccc2s1. The van der Waals surface area contributed by atoms with E-state index in [4.69, 9.17) is 27.1 Å². The Labute approximate surface area is 294 Å². The Morgan fingerprint density at radius 2 is 0.957 bits per heavy atom. The summed E-state index contributed by atoms with van der Waals surface area (Å²) in [5.41, 5.74) is 0. The fraction of sp³-hybridized carbons (Fsp3) is 0.105. The van der Waals surface area contributed by atoms with Gasteiger partial charge in [-0.15, -0.1) is 56.9 Å². The molecule has 4 nitrogen and oxygen atoms in total. The number of alkyl halides is 1. The summed E-state index contributed by atoms with van der Waals surface area (Å²) in [6.07, 6.45) is 0.651. The predicted molar refractivity (Wildman–Crippen MR) is 203 cm³/mol. The van der Waals surface area contributed by atoms with Gasteiger partial charge in [0.1, 0.15) is 0 Å². The number of benzene rings is 4. The van der Waals surface area contributed by atoms with E-state index in [1.54, 1.807) is 45.3 Å². The van der Waals surface area contributed by atoms with Gasteiger partial charge in [-0.25, -0.2) is 0 Å². The van der Waals surface area contributed by atoms with Crippen molar-refractivity contribution in [3.63, 3.8) is 0 Å². The van der Waals surface area contributed by atoms with Crippen LogP contribution in [0.2, 0.25) is 0 Å². The van der Waals surface area contributed by atoms with Crippen LogP contribution >= 0.6 is 56.9 Å². The fourth-order valence-corrected chi connectivity index (χ4v) is 8.82. The van der Waals surface area contributed by atoms with Crippen LogP contribution in [0.1, 0.15) is 19.5 Å². The van der Waals surface area contributed by atoms with Crippen molar-refractivity contribution in [1.29, 1.82) is 5.26 Å². The van der Waals surface area contributed by atoms with E-state index in [-0.39, 0.29) is 13.0 Å². The second-order valence-corrected chi connectivity index (χ2v) is 15.1. The second-order valence-electron chi connectivity index (χ2n) is 10.2. The number of hydrogen-bond donors (Lipinski definition) is 2. The van der Waals surface area contributed by atoms with Crippen molar-refractivity contribution in [3.8, 4) is 6.07 Å². The van der Waals surface area contributed by atoms with Gasteiger partial charge in [0.15, 0.2) is 0 Å². The molecule has 0 radical (unpaired) electrons. The molecule has 8 rings (SSSR count). The van der Waals surface area contributed by atoms with Crippen molar-refractivity contribution in [2.45, 2.75) is 25.3 Å². The Morgan fingerprint density at radius 3 is 1.36 bits per heavy atom. The normalized spacial score (nSPS) is 10.4. The predicted octanol–water partition coefficient (Wildman–Crippen LogP) is 11.5. The first-order valence-electron chi connectivity index (χ1n) is 14.6. The number of carbonyl (C=O) groups is 1. The molecular formula is C38H30ClNO3S4. The van der Waals surface area contributed by atoms with E-state index in [1.807, 2.05) is 66.7 Å². The molecule has 0 fully saturated rings. The number of fused-ring (bicyclic) bond motifs is 4. The van der Waals surface area contributed by atoms with Gasteiger partial charge in [-0.2, -0.15) is 5.26 Å². The third-order valence-electron chi connectivity index (χ3n) is 6.77. The number of thiophene rings is 4. The van der Waals surface area contributed by atoms with Crippen LogP contribution in [-0.4, -0.2) is 16.2 Å². The molecule has 0 saturated carbocycles. The molecule has 4 aromatic carbocycles. The summed E-state index contributed by atoms with van der Waals surface area (Å²) in [6, 6.07) is 43.0. The monoisotopic (exact) mass is 711 g/mol. The number of nitrogens with zero attached hydrogens (tertiary/aromatic N) is 1. The molecular weight excluding hydrogens is 682 g/mol. The Hall–Kier alpha value is -4.07. The Kier molecular flexibility index (Phi) is 12.5. The number of hydrogen-bond acceptors (Lipinski definition) is 7. The van der Waals surface area contributed by atoms with Gasteiger partial charge >= 0.3 is 5.97 Å². The van der Waals surface area contributed by atoms with Crippen LogP contribution in [0, 0.1) is 11.3 Å². The molecule has 236 valence electrons. The van der Waals surface area contributed by atoms with Crippen molar-refractivity contribution in [3.05, 3.63) is 141 Å². The molecule has 0 unspecified atom stereocenters. The zero-order chi connectivity index (χ0) is 33.0. The highest BCUT2D eigenvalue weighted by Gasteiger charge is 2.05. The van der Waals surface area contributed by atoms with Gasteiger partial charge in [0.25, 0.3) is 0 Å². The quantitative estimate of drug-likeness (QED) is 0.174. The molecule has 9 heteroatoms. The largest absolute Gasteiger partial charge is 0.481 e. The molecule has 0 aliphatic rings. The molecule has 0 aliphatic carbocycles. The van der Waals surface area contributed by atoms with Crippen molar-refractivity contribution in [2.75, 3.05) is 0 Å². The number of aliphatic carboxylic acids is 1. The molecule has 0 spiro atoms. The third-order valence-corrected chi connectivity index (χ3v) is 11.7. The van der Waals surface area contributed by atoms with Crippen LogP contribution in [0.4, 0.5) is 0 Å². The van der Waals surface area contributed by atoms with Crippen molar-refractivity contribution in [2.24, 2.45) is 0 Å². The maximum atomic E-state index is 10.5. The first-order chi connectivity index (χ1) is 22.9. The van der Waals surface area contributed by atoms with Crippen LogP contribution in [0.15, 0.2) is 121 Å². The lowest BCUT2D eigenvalue weighted by Crippen LogP contribution is -1.96. The molecule has 0 amide bonds. The smallest absolute Gasteiger partial charge is 0.308 e. The number of halogens is 1. The van der Waals surface area contributed by atoms with Crippen molar-refractivity contribution >= 4 is 103 Å². The molecule has 0 saturated heterocycles. The van der Waals surface area contributed by atoms with Crippen LogP contribution in [0.5, 0.6) is 0 Å². The first-order valence-corrected chi connectivity index (χ1v) is 18.4. The van der Waals surface area contributed by atoms with E-state index in [0.29, 0.717) is 12.3 Å². The van der Waals surface area contributed by atoms with E-state index in [2.05, 4.69) is 60.7 Å². The maximum Gasteiger partial charge on any atom is 0.308 e. The van der Waals surface area contributed by atoms with Crippen LogP contribution in [0.25, 0.3) is 40.3 Å². The van der Waals surface area contributed by atoms with E-state index in [1.165, 1.54) is 35.1 Å². The minimum atomic E-state index is -0.772. The standard InChI is InChI=1S/C10H7NS.C10H8O2S.C9H7ClS.C9H8OS/c11-6-5-9-7-8-3-1-2-4-10(8)12-9;11-10(12)6-8-5-7-3-1-2-4-9(7)13-8;2*10-6-8-5-7-3-1-2-4-9(7)11-8/h1-4,7H,5H2;1-5H,6H2,(H,11,12);1-5H,6H2;1-5,10H,6H2. The summed E-state index contributed by atoms with van der Waals surface area (Å²) in [4.78, 5) is 14.8. The minimum absolute atomic E-state index is 0.124. The fourth-order valence-electron chi connectivity index (χ4n) is 4.69. The van der Waals surface area contributed by atoms with Gasteiger partial charge < -0.3 is 10.2 Å². The highest BCUT2D eigenvalue weighted by Crippen LogP contribution is 2.28. The number of rotatable bonds is 5. The van der Waals surface area contributed by atoms with Gasteiger partial charge in [-0.05, 0) is 70.1 Å². The summed E-state index contributed by atoms with van der Waals surface area (Å²) in [5.74, 6) is -0.147.